The second-order valence-electron chi connectivity index (χ2n) is 14.7. The summed E-state index contributed by atoms with van der Waals surface area (Å²) in [4.78, 5) is 13.2. The predicted octanol–water partition coefficient (Wildman–Crippen LogP) is 7.60. The summed E-state index contributed by atoms with van der Waals surface area (Å²) in [6, 6.07) is 6.90. The second-order valence-corrected chi connectivity index (χ2v) is 21.1. The number of hydrogen-bond acceptors (Lipinski definition) is 5. The molecular formula is C32H48O5SSi. The monoisotopic (exact) mass is 572 g/mol. The highest BCUT2D eigenvalue weighted by molar-refractivity contribution is 7.86. The van der Waals surface area contributed by atoms with Gasteiger partial charge in [0.1, 0.15) is 5.78 Å². The molecule has 216 valence electrons. The number of fused-ring (bicyclic) bond motifs is 5. The van der Waals surface area contributed by atoms with Gasteiger partial charge in [0, 0.05) is 23.9 Å². The molecular weight excluding hydrogens is 525 g/mol. The first-order valence-electron chi connectivity index (χ1n) is 15.0. The third-order valence-corrected chi connectivity index (χ3v) is 17.4. The van der Waals surface area contributed by atoms with Gasteiger partial charge in [-0.25, -0.2) is 0 Å². The van der Waals surface area contributed by atoms with Crippen LogP contribution in [0.3, 0.4) is 0 Å². The Morgan fingerprint density at radius 3 is 2.38 bits per heavy atom. The average Bonchev–Trinajstić information content (AvgIpc) is 3.16. The van der Waals surface area contributed by atoms with Gasteiger partial charge in [-0.3, -0.25) is 8.98 Å². The highest BCUT2D eigenvalue weighted by Crippen LogP contribution is 2.64. The van der Waals surface area contributed by atoms with Gasteiger partial charge in [0.25, 0.3) is 10.1 Å². The minimum atomic E-state index is -3.83. The Hall–Kier alpha value is -1.28. The Morgan fingerprint density at radius 2 is 1.72 bits per heavy atom. The third kappa shape index (κ3) is 5.04. The molecule has 39 heavy (non-hydrogen) atoms. The number of ketones is 1. The van der Waals surface area contributed by atoms with Crippen LogP contribution in [0.2, 0.25) is 18.1 Å². The zero-order chi connectivity index (χ0) is 28.4. The van der Waals surface area contributed by atoms with Crippen LogP contribution in [0.4, 0.5) is 0 Å². The molecule has 6 atom stereocenters. The largest absolute Gasteiger partial charge is 0.416 e. The minimum Gasteiger partial charge on any atom is -0.416 e. The van der Waals surface area contributed by atoms with E-state index in [1.807, 2.05) is 19.1 Å². The van der Waals surface area contributed by atoms with Crippen LogP contribution in [-0.4, -0.2) is 35.2 Å². The van der Waals surface area contributed by atoms with Crippen molar-refractivity contribution in [3.05, 3.63) is 41.5 Å². The maximum Gasteiger partial charge on any atom is 0.297 e. The van der Waals surface area contributed by atoms with Gasteiger partial charge in [0.05, 0.1) is 11.0 Å². The van der Waals surface area contributed by atoms with Crippen LogP contribution >= 0.6 is 0 Å². The van der Waals surface area contributed by atoms with Crippen LogP contribution in [-0.2, 0) is 23.5 Å². The summed E-state index contributed by atoms with van der Waals surface area (Å²) < 4.78 is 39.2. The van der Waals surface area contributed by atoms with E-state index in [1.54, 1.807) is 12.1 Å². The highest BCUT2D eigenvalue weighted by Gasteiger charge is 2.60. The molecule has 0 spiro atoms. The van der Waals surface area contributed by atoms with Gasteiger partial charge in [-0.15, -0.1) is 0 Å². The topological polar surface area (TPSA) is 69.7 Å². The summed E-state index contributed by atoms with van der Waals surface area (Å²) >= 11 is 0. The fraction of sp³-hybridized carbons (Fsp3) is 0.719. The first-order valence-corrected chi connectivity index (χ1v) is 19.3. The van der Waals surface area contributed by atoms with Crippen molar-refractivity contribution in [3.8, 4) is 0 Å². The van der Waals surface area contributed by atoms with Crippen molar-refractivity contribution in [1.82, 2.24) is 0 Å². The molecule has 0 unspecified atom stereocenters. The number of rotatable bonds is 6. The van der Waals surface area contributed by atoms with Crippen LogP contribution in [0.5, 0.6) is 0 Å². The lowest BCUT2D eigenvalue weighted by Gasteiger charge is -2.58. The summed E-state index contributed by atoms with van der Waals surface area (Å²) in [6.07, 6.45) is 8.99. The highest BCUT2D eigenvalue weighted by atomic mass is 32.2. The average molecular weight is 573 g/mol. The lowest BCUT2D eigenvalue weighted by atomic mass is 9.47. The fourth-order valence-electron chi connectivity index (χ4n) is 8.01. The van der Waals surface area contributed by atoms with Crippen LogP contribution in [0.15, 0.2) is 40.8 Å². The summed E-state index contributed by atoms with van der Waals surface area (Å²) in [7, 11) is -5.82. The lowest BCUT2D eigenvalue weighted by Crippen LogP contribution is -2.55. The van der Waals surface area contributed by atoms with Gasteiger partial charge in [-0.2, -0.15) is 8.42 Å². The number of carbonyl (C=O) groups is 1. The predicted molar refractivity (Wildman–Crippen MR) is 157 cm³/mol. The molecule has 1 aromatic carbocycles. The molecule has 0 radical (unpaired) electrons. The normalized spacial score (nSPS) is 35.2. The summed E-state index contributed by atoms with van der Waals surface area (Å²) in [5.74, 6) is 1.88. The van der Waals surface area contributed by atoms with Gasteiger partial charge >= 0.3 is 0 Å². The molecule has 0 N–H and O–H groups in total. The van der Waals surface area contributed by atoms with Crippen molar-refractivity contribution in [2.24, 2.45) is 28.6 Å². The number of allylic oxidation sites excluding steroid dienone is 1. The molecule has 4 aliphatic rings. The Labute approximate surface area is 237 Å². The van der Waals surface area contributed by atoms with Crippen molar-refractivity contribution < 1.29 is 21.8 Å². The van der Waals surface area contributed by atoms with Crippen molar-refractivity contribution in [2.45, 2.75) is 115 Å². The molecule has 0 aromatic heterocycles. The van der Waals surface area contributed by atoms with Gasteiger partial charge < -0.3 is 4.43 Å². The molecule has 0 saturated heterocycles. The SMILES string of the molecule is Cc1ccc(S(=O)(=O)O[C@H]2CC[C@@]3(CO[Si](C)(C)C(C)(C)C)C(=CC[C@@H]4[C@@H]3CC[C@]3(C)C(=O)CC[C@@H]43)C2)cc1. The summed E-state index contributed by atoms with van der Waals surface area (Å²) in [6.45, 7) is 16.4. The lowest BCUT2D eigenvalue weighted by molar-refractivity contribution is -0.132. The van der Waals surface area contributed by atoms with E-state index in [9.17, 15) is 13.2 Å². The Balaban J connectivity index is 1.43. The van der Waals surface area contributed by atoms with Gasteiger partial charge in [-0.1, -0.05) is 57.0 Å². The smallest absolute Gasteiger partial charge is 0.297 e. The minimum absolute atomic E-state index is 0.0983. The second kappa shape index (κ2) is 9.92. The zero-order valence-corrected chi connectivity index (χ0v) is 26.8. The van der Waals surface area contributed by atoms with Gasteiger partial charge in [0.15, 0.2) is 8.32 Å². The molecule has 5 rings (SSSR count). The van der Waals surface area contributed by atoms with E-state index in [4.69, 9.17) is 8.61 Å². The number of benzene rings is 1. The van der Waals surface area contributed by atoms with Crippen LogP contribution in [0.25, 0.3) is 0 Å². The Kier molecular flexibility index (Phi) is 7.43. The molecule has 3 fully saturated rings. The third-order valence-electron chi connectivity index (χ3n) is 11.6. The van der Waals surface area contributed by atoms with E-state index in [0.717, 1.165) is 44.1 Å². The van der Waals surface area contributed by atoms with Crippen LogP contribution < -0.4 is 0 Å². The first-order chi connectivity index (χ1) is 18.1. The Morgan fingerprint density at radius 1 is 1.03 bits per heavy atom. The van der Waals surface area contributed by atoms with Crippen molar-refractivity contribution in [2.75, 3.05) is 6.61 Å². The number of hydrogen-bond donors (Lipinski definition) is 0. The van der Waals surface area contributed by atoms with Crippen molar-refractivity contribution in [3.63, 3.8) is 0 Å². The maximum atomic E-state index is 13.1. The van der Waals surface area contributed by atoms with Gasteiger partial charge in [-0.05, 0) is 99.9 Å². The summed E-state index contributed by atoms with van der Waals surface area (Å²) in [5.41, 5.74) is 2.09. The molecule has 5 nitrogen and oxygen atoms in total. The maximum absolute atomic E-state index is 13.1. The van der Waals surface area contributed by atoms with Crippen LogP contribution in [0, 0.1) is 35.5 Å². The van der Waals surface area contributed by atoms with Crippen LogP contribution in [0.1, 0.15) is 84.6 Å². The number of aryl methyl sites for hydroxylation is 1. The number of carbonyl (C=O) groups excluding carboxylic acids is 1. The molecule has 7 heteroatoms. The van der Waals surface area contributed by atoms with E-state index in [-0.39, 0.29) is 26.9 Å². The van der Waals surface area contributed by atoms with Gasteiger partial charge in [0.2, 0.25) is 0 Å². The first kappa shape index (κ1) is 29.2. The quantitative estimate of drug-likeness (QED) is 0.199. The summed E-state index contributed by atoms with van der Waals surface area (Å²) in [5, 5.41) is 0.118. The molecule has 1 aromatic rings. The van der Waals surface area contributed by atoms with Crippen molar-refractivity contribution in [1.29, 1.82) is 0 Å². The van der Waals surface area contributed by atoms with E-state index in [0.29, 0.717) is 43.0 Å². The standard InChI is InChI=1S/C32H48O5SSi/c1-22-8-11-25(12-9-22)38(34,35)37-24-16-19-32(21-36-39(6,7)30(2,3)4)23(20-24)10-13-26-27-14-15-29(33)31(27,5)18-17-28(26)32/h8-12,24,26-28H,13-21H2,1-7H3/t24-,26-,27-,28-,31-,32+/m0/s1. The fourth-order valence-corrected chi connectivity index (χ4v) is 10.2. The molecule has 0 amide bonds. The van der Waals surface area contributed by atoms with E-state index in [1.165, 1.54) is 5.57 Å². The molecule has 0 aliphatic heterocycles. The number of Topliss-reactive ketones (excluding diaryl/α,β-unsaturated/α-hetero) is 1. The Bertz CT molecular complexity index is 1240. The van der Waals surface area contributed by atoms with E-state index < -0.39 is 18.4 Å². The van der Waals surface area contributed by atoms with Crippen molar-refractivity contribution >= 4 is 24.2 Å². The molecule has 4 aliphatic carbocycles. The molecule has 0 bridgehead atoms. The van der Waals surface area contributed by atoms with E-state index in [2.05, 4.69) is 46.9 Å². The zero-order valence-electron chi connectivity index (χ0n) is 25.0. The molecule has 0 heterocycles. The molecule has 3 saturated carbocycles. The van der Waals surface area contributed by atoms with E-state index >= 15 is 0 Å².